The van der Waals surface area contributed by atoms with Crippen LogP contribution in [0.1, 0.15) is 37.7 Å². The highest BCUT2D eigenvalue weighted by molar-refractivity contribution is 5.52. The molecule has 0 aromatic heterocycles. The Morgan fingerprint density at radius 2 is 2.17 bits per heavy atom. The minimum atomic E-state index is -0.480. The number of hydrogen-bond donors (Lipinski definition) is 0. The first-order valence-corrected chi connectivity index (χ1v) is 8.30. The molecular weight excluding hydrogens is 292 g/mol. The van der Waals surface area contributed by atoms with Crippen molar-refractivity contribution in [1.82, 2.24) is 4.90 Å². The molecule has 0 amide bonds. The Morgan fingerprint density at radius 1 is 1.35 bits per heavy atom. The molecule has 124 valence electrons. The average Bonchev–Trinajstić information content (AvgIpc) is 2.51. The minimum Gasteiger partial charge on any atom is -0.493 e. The summed E-state index contributed by atoms with van der Waals surface area (Å²) in [4.78, 5) is 17.3. The van der Waals surface area contributed by atoms with Gasteiger partial charge in [-0.1, -0.05) is 12.1 Å². The zero-order chi connectivity index (χ0) is 16.3. The molecule has 0 bridgehead atoms. The van der Waals surface area contributed by atoms with Crippen molar-refractivity contribution in [3.05, 3.63) is 23.8 Å². The molecule has 0 N–H and O–H groups in total. The highest BCUT2D eigenvalue weighted by atomic mass is 16.5. The monoisotopic (exact) mass is 316 g/mol. The van der Waals surface area contributed by atoms with Gasteiger partial charge in [-0.3, -0.25) is 0 Å². The first-order chi connectivity index (χ1) is 11.2. The highest BCUT2D eigenvalue weighted by Crippen LogP contribution is 2.50. The van der Waals surface area contributed by atoms with Crippen LogP contribution in [-0.4, -0.2) is 44.3 Å². The number of nitrogens with zero attached hydrogens (tertiary/aromatic N) is 2. The first-order valence-electron chi connectivity index (χ1n) is 8.30. The molecule has 23 heavy (non-hydrogen) atoms. The fourth-order valence-electron chi connectivity index (χ4n) is 3.59. The number of carbonyl (C=O) groups excluding carboxylic acids is 1. The second kappa shape index (κ2) is 6.73. The van der Waals surface area contributed by atoms with Crippen LogP contribution < -0.4 is 9.47 Å². The molecule has 1 atom stereocenters. The summed E-state index contributed by atoms with van der Waals surface area (Å²) in [5.74, 6) is 1.46. The second-order valence-electron chi connectivity index (χ2n) is 6.57. The van der Waals surface area contributed by atoms with Crippen molar-refractivity contribution in [3.63, 3.8) is 0 Å². The summed E-state index contributed by atoms with van der Waals surface area (Å²) >= 11 is 0. The van der Waals surface area contributed by atoms with Gasteiger partial charge in [-0.05, 0) is 51.8 Å². The number of isocyanates is 1. The molecule has 2 fully saturated rings. The number of para-hydroxylation sites is 1. The van der Waals surface area contributed by atoms with Gasteiger partial charge in [0.1, 0.15) is 11.6 Å². The summed E-state index contributed by atoms with van der Waals surface area (Å²) in [7, 11) is 3.76. The Hall–Kier alpha value is -1.84. The van der Waals surface area contributed by atoms with Gasteiger partial charge in [0.15, 0.2) is 11.5 Å². The van der Waals surface area contributed by atoms with Gasteiger partial charge in [0, 0.05) is 12.1 Å². The molecule has 0 radical (unpaired) electrons. The highest BCUT2D eigenvalue weighted by Gasteiger charge is 2.42. The molecule has 5 nitrogen and oxygen atoms in total. The Morgan fingerprint density at radius 3 is 2.78 bits per heavy atom. The van der Waals surface area contributed by atoms with Gasteiger partial charge in [0.05, 0.1) is 7.11 Å². The lowest BCUT2D eigenvalue weighted by molar-refractivity contribution is 0.0968. The van der Waals surface area contributed by atoms with Crippen LogP contribution in [0.5, 0.6) is 11.5 Å². The van der Waals surface area contributed by atoms with E-state index in [4.69, 9.17) is 9.47 Å². The molecule has 2 aliphatic rings. The van der Waals surface area contributed by atoms with Gasteiger partial charge < -0.3 is 14.4 Å². The quantitative estimate of drug-likeness (QED) is 0.619. The second-order valence-corrected chi connectivity index (χ2v) is 6.57. The van der Waals surface area contributed by atoms with Crippen LogP contribution in [0.3, 0.4) is 0 Å². The van der Waals surface area contributed by atoms with Gasteiger partial charge in [-0.15, -0.1) is 0 Å². The summed E-state index contributed by atoms with van der Waals surface area (Å²) in [5.41, 5.74) is 0.478. The van der Waals surface area contributed by atoms with Gasteiger partial charge in [0.2, 0.25) is 6.08 Å². The number of piperidine rings is 1. The lowest BCUT2D eigenvalue weighted by atomic mass is 9.72. The van der Waals surface area contributed by atoms with E-state index in [1.54, 1.807) is 13.2 Å². The van der Waals surface area contributed by atoms with Crippen LogP contribution in [0.4, 0.5) is 0 Å². The SMILES string of the molecule is COc1cccc(C2(N=C=O)CCC2)c1OC1CCCN(C)C1. The summed E-state index contributed by atoms with van der Waals surface area (Å²) in [5, 5.41) is 0. The van der Waals surface area contributed by atoms with E-state index >= 15 is 0 Å². The molecule has 1 saturated carbocycles. The Labute approximate surface area is 137 Å². The van der Waals surface area contributed by atoms with Crippen LogP contribution in [0.15, 0.2) is 23.2 Å². The normalized spacial score (nSPS) is 23.5. The molecule has 5 heteroatoms. The van der Waals surface area contributed by atoms with Gasteiger partial charge in [-0.2, -0.15) is 4.99 Å². The summed E-state index contributed by atoms with van der Waals surface area (Å²) in [6.07, 6.45) is 6.83. The molecule has 1 saturated heterocycles. The Bertz CT molecular complexity index is 606. The zero-order valence-corrected chi connectivity index (χ0v) is 13.9. The number of likely N-dealkylation sites (tertiary alicyclic amines) is 1. The third-order valence-electron chi connectivity index (χ3n) is 5.01. The molecule has 1 aliphatic heterocycles. The smallest absolute Gasteiger partial charge is 0.235 e. The van der Waals surface area contributed by atoms with E-state index in [0.29, 0.717) is 5.75 Å². The number of rotatable bonds is 5. The Balaban J connectivity index is 1.95. The third-order valence-corrected chi connectivity index (χ3v) is 5.01. The molecular formula is C18H24N2O3. The predicted octanol–water partition coefficient (Wildman–Crippen LogP) is 2.88. The summed E-state index contributed by atoms with van der Waals surface area (Å²) in [6.45, 7) is 2.01. The fourth-order valence-corrected chi connectivity index (χ4v) is 3.59. The van der Waals surface area contributed by atoms with Crippen LogP contribution in [0.25, 0.3) is 0 Å². The average molecular weight is 316 g/mol. The summed E-state index contributed by atoms with van der Waals surface area (Å²) < 4.78 is 11.9. The number of benzene rings is 1. The molecule has 1 aromatic carbocycles. The third kappa shape index (κ3) is 3.12. The zero-order valence-electron chi connectivity index (χ0n) is 13.9. The fraction of sp³-hybridized carbons (Fsp3) is 0.611. The van der Waals surface area contributed by atoms with Crippen molar-refractivity contribution < 1.29 is 14.3 Å². The van der Waals surface area contributed by atoms with Crippen molar-refractivity contribution >= 4 is 6.08 Å². The van der Waals surface area contributed by atoms with E-state index in [9.17, 15) is 4.79 Å². The van der Waals surface area contributed by atoms with E-state index < -0.39 is 5.54 Å². The molecule has 0 spiro atoms. The van der Waals surface area contributed by atoms with Gasteiger partial charge in [-0.25, -0.2) is 4.79 Å². The molecule has 3 rings (SSSR count). The van der Waals surface area contributed by atoms with Crippen LogP contribution >= 0.6 is 0 Å². The van der Waals surface area contributed by atoms with E-state index in [0.717, 1.165) is 56.5 Å². The maximum absolute atomic E-state index is 10.9. The lowest BCUT2D eigenvalue weighted by Gasteiger charge is -2.39. The standard InChI is InChI=1S/C18H24N2O3/c1-20-11-4-6-14(12-20)23-17-15(7-3-8-16(17)22-2)18(19-13-21)9-5-10-18/h3,7-8,14H,4-6,9-12H2,1-2H3. The number of likely N-dealkylation sites (N-methyl/N-ethyl adjacent to an activating group) is 1. The van der Waals surface area contributed by atoms with E-state index in [-0.39, 0.29) is 6.10 Å². The minimum absolute atomic E-state index is 0.140. The van der Waals surface area contributed by atoms with Crippen LogP contribution in [0, 0.1) is 0 Å². The molecule has 1 heterocycles. The molecule has 1 aliphatic carbocycles. The number of ether oxygens (including phenoxy) is 2. The van der Waals surface area contributed by atoms with Crippen molar-refractivity contribution in [2.24, 2.45) is 4.99 Å². The van der Waals surface area contributed by atoms with Gasteiger partial charge in [0.25, 0.3) is 0 Å². The van der Waals surface area contributed by atoms with Crippen LogP contribution in [-0.2, 0) is 10.3 Å². The summed E-state index contributed by atoms with van der Waals surface area (Å²) in [6, 6.07) is 5.85. The topological polar surface area (TPSA) is 51.1 Å². The maximum Gasteiger partial charge on any atom is 0.235 e. The van der Waals surface area contributed by atoms with E-state index in [1.165, 1.54) is 0 Å². The first kappa shape index (κ1) is 16.0. The lowest BCUT2D eigenvalue weighted by Crippen LogP contribution is -2.39. The van der Waals surface area contributed by atoms with Crippen molar-refractivity contribution in [2.75, 3.05) is 27.2 Å². The van der Waals surface area contributed by atoms with Crippen molar-refractivity contribution in [3.8, 4) is 11.5 Å². The van der Waals surface area contributed by atoms with Gasteiger partial charge >= 0.3 is 0 Å². The largest absolute Gasteiger partial charge is 0.493 e. The number of methoxy groups -OCH3 is 1. The van der Waals surface area contributed by atoms with Crippen molar-refractivity contribution in [2.45, 2.75) is 43.7 Å². The predicted molar refractivity (Wildman–Crippen MR) is 87.8 cm³/mol. The Kier molecular flexibility index (Phi) is 4.69. The van der Waals surface area contributed by atoms with Crippen molar-refractivity contribution in [1.29, 1.82) is 0 Å². The van der Waals surface area contributed by atoms with E-state index in [1.807, 2.05) is 18.2 Å². The number of hydrogen-bond acceptors (Lipinski definition) is 5. The molecule has 1 aromatic rings. The maximum atomic E-state index is 10.9. The van der Waals surface area contributed by atoms with Crippen LogP contribution in [0.2, 0.25) is 0 Å². The van der Waals surface area contributed by atoms with E-state index in [2.05, 4.69) is 16.9 Å². The number of aliphatic imine (C=N–C) groups is 1. The molecule has 1 unspecified atom stereocenters.